The third kappa shape index (κ3) is 3.10. The van der Waals surface area contributed by atoms with E-state index in [-0.39, 0.29) is 5.82 Å². The molecule has 1 saturated heterocycles. The number of anilines is 1. The van der Waals surface area contributed by atoms with Crippen LogP contribution in [0.1, 0.15) is 30.0 Å². The Balaban J connectivity index is 1.51. The van der Waals surface area contributed by atoms with Gasteiger partial charge in [-0.3, -0.25) is 5.10 Å². The summed E-state index contributed by atoms with van der Waals surface area (Å²) in [5.41, 5.74) is 2.92. The van der Waals surface area contributed by atoms with E-state index in [0.717, 1.165) is 41.2 Å². The average molecular weight is 325 g/mol. The molecule has 5 nitrogen and oxygen atoms in total. The van der Waals surface area contributed by atoms with Crippen molar-refractivity contribution in [2.24, 2.45) is 0 Å². The van der Waals surface area contributed by atoms with Gasteiger partial charge in [0.15, 0.2) is 11.5 Å². The maximum atomic E-state index is 12.9. The molecule has 1 aromatic carbocycles. The summed E-state index contributed by atoms with van der Waals surface area (Å²) < 4.78 is 12.9. The SMILES string of the molecule is Fc1ccc(CNc2n[nH]c3nc([C@@H]4CCCNC4)ccc23)cc1. The molecule has 0 saturated carbocycles. The zero-order chi connectivity index (χ0) is 16.4. The Morgan fingerprint density at radius 2 is 2.04 bits per heavy atom. The molecule has 0 radical (unpaired) electrons. The molecule has 3 aromatic rings. The van der Waals surface area contributed by atoms with Gasteiger partial charge in [0.05, 0.1) is 5.39 Å². The van der Waals surface area contributed by atoms with Gasteiger partial charge in [0, 0.05) is 24.7 Å². The third-order valence-electron chi connectivity index (χ3n) is 4.53. The number of H-pyrrole nitrogens is 1. The van der Waals surface area contributed by atoms with Crippen LogP contribution in [0.5, 0.6) is 0 Å². The molecule has 0 bridgehead atoms. The van der Waals surface area contributed by atoms with Gasteiger partial charge in [0.25, 0.3) is 0 Å². The number of hydrogen-bond acceptors (Lipinski definition) is 4. The van der Waals surface area contributed by atoms with Gasteiger partial charge in [0.2, 0.25) is 0 Å². The van der Waals surface area contributed by atoms with Crippen molar-refractivity contribution in [3.63, 3.8) is 0 Å². The van der Waals surface area contributed by atoms with Crippen LogP contribution in [0.2, 0.25) is 0 Å². The summed E-state index contributed by atoms with van der Waals surface area (Å²) in [4.78, 5) is 4.74. The summed E-state index contributed by atoms with van der Waals surface area (Å²) in [5.74, 6) is 1.02. The van der Waals surface area contributed by atoms with Crippen molar-refractivity contribution in [2.75, 3.05) is 18.4 Å². The maximum Gasteiger partial charge on any atom is 0.157 e. The number of piperidine rings is 1. The van der Waals surface area contributed by atoms with E-state index < -0.39 is 0 Å². The van der Waals surface area contributed by atoms with Crippen molar-refractivity contribution < 1.29 is 4.39 Å². The molecule has 3 N–H and O–H groups in total. The summed E-state index contributed by atoms with van der Waals surface area (Å²) in [6.07, 6.45) is 2.37. The number of hydrogen-bond donors (Lipinski definition) is 3. The number of pyridine rings is 1. The first kappa shape index (κ1) is 15.1. The minimum absolute atomic E-state index is 0.224. The molecule has 0 aliphatic carbocycles. The van der Waals surface area contributed by atoms with Crippen LogP contribution < -0.4 is 10.6 Å². The molecular weight excluding hydrogens is 305 g/mol. The van der Waals surface area contributed by atoms with Crippen LogP contribution in [0.4, 0.5) is 10.2 Å². The van der Waals surface area contributed by atoms with Crippen LogP contribution in [-0.2, 0) is 6.54 Å². The Morgan fingerprint density at radius 3 is 2.83 bits per heavy atom. The lowest BCUT2D eigenvalue weighted by atomic mass is 9.95. The summed E-state index contributed by atoms with van der Waals surface area (Å²) in [6, 6.07) is 10.6. The Bertz CT molecular complexity index is 821. The smallest absolute Gasteiger partial charge is 0.157 e. The highest BCUT2D eigenvalue weighted by molar-refractivity contribution is 5.87. The summed E-state index contributed by atoms with van der Waals surface area (Å²) in [7, 11) is 0. The summed E-state index contributed by atoms with van der Waals surface area (Å²) in [6.45, 7) is 2.68. The van der Waals surface area contributed by atoms with E-state index in [9.17, 15) is 4.39 Å². The first-order valence-electron chi connectivity index (χ1n) is 8.33. The number of aromatic nitrogens is 3. The molecule has 6 heteroatoms. The molecule has 1 aliphatic rings. The largest absolute Gasteiger partial charge is 0.364 e. The topological polar surface area (TPSA) is 65.6 Å². The Labute approximate surface area is 139 Å². The quantitative estimate of drug-likeness (QED) is 0.689. The number of benzene rings is 1. The fraction of sp³-hybridized carbons (Fsp3) is 0.333. The van der Waals surface area contributed by atoms with Crippen LogP contribution >= 0.6 is 0 Å². The summed E-state index contributed by atoms with van der Waals surface area (Å²) >= 11 is 0. The normalized spacial score (nSPS) is 18.0. The van der Waals surface area contributed by atoms with Gasteiger partial charge in [-0.1, -0.05) is 12.1 Å². The molecule has 0 unspecified atom stereocenters. The van der Waals surface area contributed by atoms with E-state index in [1.54, 1.807) is 12.1 Å². The Hall–Kier alpha value is -2.47. The van der Waals surface area contributed by atoms with Crippen LogP contribution in [0.3, 0.4) is 0 Å². The number of rotatable bonds is 4. The third-order valence-corrected chi connectivity index (χ3v) is 4.53. The number of nitrogens with zero attached hydrogens (tertiary/aromatic N) is 2. The molecule has 4 rings (SSSR count). The maximum absolute atomic E-state index is 12.9. The molecule has 1 aliphatic heterocycles. The van der Waals surface area contributed by atoms with Crippen molar-refractivity contribution in [3.8, 4) is 0 Å². The predicted molar refractivity (Wildman–Crippen MR) is 92.5 cm³/mol. The lowest BCUT2D eigenvalue weighted by Crippen LogP contribution is -2.28. The Kier molecular flexibility index (Phi) is 4.13. The van der Waals surface area contributed by atoms with E-state index in [4.69, 9.17) is 4.98 Å². The highest BCUT2D eigenvalue weighted by Gasteiger charge is 2.17. The number of aromatic amines is 1. The Morgan fingerprint density at radius 1 is 1.17 bits per heavy atom. The van der Waals surface area contributed by atoms with Crippen LogP contribution in [0, 0.1) is 5.82 Å². The number of halogens is 1. The van der Waals surface area contributed by atoms with Gasteiger partial charge < -0.3 is 10.6 Å². The lowest BCUT2D eigenvalue weighted by Gasteiger charge is -2.22. The minimum atomic E-state index is -0.224. The van der Waals surface area contributed by atoms with Crippen molar-refractivity contribution >= 4 is 16.9 Å². The van der Waals surface area contributed by atoms with E-state index in [1.165, 1.54) is 25.0 Å². The zero-order valence-electron chi connectivity index (χ0n) is 13.3. The van der Waals surface area contributed by atoms with Gasteiger partial charge in [-0.2, -0.15) is 5.10 Å². The van der Waals surface area contributed by atoms with Gasteiger partial charge in [-0.05, 0) is 49.2 Å². The lowest BCUT2D eigenvalue weighted by molar-refractivity contribution is 0.455. The molecule has 124 valence electrons. The zero-order valence-corrected chi connectivity index (χ0v) is 13.3. The highest BCUT2D eigenvalue weighted by Crippen LogP contribution is 2.26. The molecular formula is C18H20FN5. The molecule has 24 heavy (non-hydrogen) atoms. The molecule has 1 fully saturated rings. The molecule has 2 aromatic heterocycles. The fourth-order valence-electron chi connectivity index (χ4n) is 3.17. The second-order valence-corrected chi connectivity index (χ2v) is 6.23. The van der Waals surface area contributed by atoms with Gasteiger partial charge in [-0.25, -0.2) is 9.37 Å². The van der Waals surface area contributed by atoms with E-state index in [0.29, 0.717) is 12.5 Å². The standard InChI is InChI=1S/C18H20FN5/c19-14-5-3-12(4-6-14)10-21-17-15-7-8-16(22-18(15)24-23-17)13-2-1-9-20-11-13/h3-8,13,20H,1-2,9-11H2,(H2,21,22,23,24)/t13-/m1/s1. The molecule has 3 heterocycles. The van der Waals surface area contributed by atoms with Gasteiger partial charge >= 0.3 is 0 Å². The van der Waals surface area contributed by atoms with Gasteiger partial charge in [0.1, 0.15) is 5.82 Å². The van der Waals surface area contributed by atoms with E-state index in [1.807, 2.05) is 0 Å². The highest BCUT2D eigenvalue weighted by atomic mass is 19.1. The van der Waals surface area contributed by atoms with Crippen molar-refractivity contribution in [3.05, 3.63) is 53.5 Å². The number of fused-ring (bicyclic) bond motifs is 1. The number of nitrogens with one attached hydrogen (secondary N) is 3. The van der Waals surface area contributed by atoms with Crippen molar-refractivity contribution in [2.45, 2.75) is 25.3 Å². The monoisotopic (exact) mass is 325 g/mol. The van der Waals surface area contributed by atoms with Crippen molar-refractivity contribution in [1.82, 2.24) is 20.5 Å². The van der Waals surface area contributed by atoms with Crippen molar-refractivity contribution in [1.29, 1.82) is 0 Å². The van der Waals surface area contributed by atoms with Crippen LogP contribution in [0.15, 0.2) is 36.4 Å². The van der Waals surface area contributed by atoms with Gasteiger partial charge in [-0.15, -0.1) is 0 Å². The van der Waals surface area contributed by atoms with Crippen LogP contribution in [0.25, 0.3) is 11.0 Å². The molecule has 1 atom stereocenters. The fourth-order valence-corrected chi connectivity index (χ4v) is 3.17. The molecule has 0 spiro atoms. The predicted octanol–water partition coefficient (Wildman–Crippen LogP) is 3.18. The van der Waals surface area contributed by atoms with Crippen LogP contribution in [-0.4, -0.2) is 28.3 Å². The van der Waals surface area contributed by atoms with E-state index in [2.05, 4.69) is 33.0 Å². The second kappa shape index (κ2) is 6.57. The first-order valence-corrected chi connectivity index (χ1v) is 8.33. The summed E-state index contributed by atoms with van der Waals surface area (Å²) in [5, 5.41) is 15.0. The second-order valence-electron chi connectivity index (χ2n) is 6.23. The molecule has 0 amide bonds. The average Bonchev–Trinajstić information content (AvgIpc) is 3.04. The first-order chi connectivity index (χ1) is 11.8. The minimum Gasteiger partial charge on any atom is -0.364 e. The van der Waals surface area contributed by atoms with E-state index >= 15 is 0 Å².